The van der Waals surface area contributed by atoms with Crippen LogP contribution in [-0.4, -0.2) is 50.6 Å². The van der Waals surface area contributed by atoms with Crippen LogP contribution in [0.15, 0.2) is 22.6 Å². The van der Waals surface area contributed by atoms with E-state index < -0.39 is 10.0 Å². The van der Waals surface area contributed by atoms with Gasteiger partial charge in [0.15, 0.2) is 5.76 Å². The zero-order valence-electron chi connectivity index (χ0n) is 15.9. The lowest BCUT2D eigenvalue weighted by molar-refractivity contribution is 0.0897. The zero-order chi connectivity index (χ0) is 19.6. The molecule has 0 aliphatic carbocycles. The van der Waals surface area contributed by atoms with Crippen molar-refractivity contribution in [3.05, 3.63) is 29.5 Å². The van der Waals surface area contributed by atoms with Crippen LogP contribution in [0, 0.1) is 6.92 Å². The zero-order valence-corrected chi connectivity index (χ0v) is 16.8. The van der Waals surface area contributed by atoms with Crippen molar-refractivity contribution < 1.29 is 22.4 Å². The third-order valence-corrected chi connectivity index (χ3v) is 7.07. The summed E-state index contributed by atoms with van der Waals surface area (Å²) < 4.78 is 36.8. The molecular weight excluding hydrogens is 368 g/mol. The van der Waals surface area contributed by atoms with E-state index in [1.165, 1.54) is 4.31 Å². The number of nitrogens with one attached hydrogen (secondary N) is 1. The topological polar surface area (TPSA) is 88.9 Å². The first-order chi connectivity index (χ1) is 12.9. The van der Waals surface area contributed by atoms with E-state index in [-0.39, 0.29) is 17.7 Å². The Morgan fingerprint density at radius 2 is 2.04 bits per heavy atom. The highest BCUT2D eigenvalue weighted by molar-refractivity contribution is 7.89. The number of rotatable bonds is 6. The Hall–Kier alpha value is -2.06. The highest BCUT2D eigenvalue weighted by Crippen LogP contribution is 2.29. The highest BCUT2D eigenvalue weighted by atomic mass is 32.2. The molecule has 1 amide bonds. The summed E-state index contributed by atoms with van der Waals surface area (Å²) in [6, 6.07) is 5.36. The number of hydrogen-bond donors (Lipinski definition) is 1. The third kappa shape index (κ3) is 4.11. The van der Waals surface area contributed by atoms with Gasteiger partial charge in [0, 0.05) is 30.1 Å². The van der Waals surface area contributed by atoms with Crippen LogP contribution in [0.25, 0.3) is 11.0 Å². The minimum Gasteiger partial charge on any atom is -0.497 e. The first-order valence-corrected chi connectivity index (χ1v) is 10.8. The Labute approximate surface area is 159 Å². The fraction of sp³-hybridized carbons (Fsp3) is 0.526. The Morgan fingerprint density at radius 3 is 2.67 bits per heavy atom. The van der Waals surface area contributed by atoms with E-state index in [1.54, 1.807) is 19.2 Å². The van der Waals surface area contributed by atoms with E-state index in [2.05, 4.69) is 5.32 Å². The van der Waals surface area contributed by atoms with E-state index in [1.807, 2.05) is 19.9 Å². The molecule has 1 saturated heterocycles. The van der Waals surface area contributed by atoms with Crippen LogP contribution in [0.3, 0.4) is 0 Å². The molecule has 7 nitrogen and oxygen atoms in total. The van der Waals surface area contributed by atoms with Gasteiger partial charge in [-0.25, -0.2) is 12.7 Å². The lowest BCUT2D eigenvalue weighted by Crippen LogP contribution is -2.47. The highest BCUT2D eigenvalue weighted by Gasteiger charge is 2.29. The number of carbonyl (C=O) groups excluding carboxylic acids is 1. The number of furan rings is 1. The molecule has 0 spiro atoms. The van der Waals surface area contributed by atoms with Gasteiger partial charge in [-0.1, -0.05) is 6.92 Å². The number of nitrogens with zero attached hydrogens (tertiary/aromatic N) is 1. The maximum absolute atomic E-state index is 12.7. The molecule has 1 aromatic heterocycles. The molecule has 0 bridgehead atoms. The normalized spacial score (nSPS) is 16.6. The van der Waals surface area contributed by atoms with Crippen molar-refractivity contribution in [3.63, 3.8) is 0 Å². The maximum Gasteiger partial charge on any atom is 0.287 e. The minimum absolute atomic E-state index is 0.0623. The van der Waals surface area contributed by atoms with Crippen LogP contribution in [0.1, 0.15) is 42.3 Å². The number of carbonyl (C=O) groups is 1. The number of amides is 1. The Balaban J connectivity index is 1.67. The number of benzene rings is 1. The largest absolute Gasteiger partial charge is 0.497 e. The van der Waals surface area contributed by atoms with Gasteiger partial charge in [0.1, 0.15) is 11.3 Å². The Kier molecular flexibility index (Phi) is 5.76. The number of piperidine rings is 1. The van der Waals surface area contributed by atoms with Gasteiger partial charge in [-0.3, -0.25) is 4.79 Å². The molecule has 0 radical (unpaired) electrons. The fourth-order valence-electron chi connectivity index (χ4n) is 3.46. The lowest BCUT2D eigenvalue weighted by Gasteiger charge is -2.31. The van der Waals surface area contributed by atoms with Gasteiger partial charge < -0.3 is 14.5 Å². The smallest absolute Gasteiger partial charge is 0.287 e. The maximum atomic E-state index is 12.7. The Morgan fingerprint density at radius 1 is 1.33 bits per heavy atom. The van der Waals surface area contributed by atoms with Gasteiger partial charge >= 0.3 is 0 Å². The molecule has 2 heterocycles. The van der Waals surface area contributed by atoms with Crippen LogP contribution in [0.5, 0.6) is 5.75 Å². The average Bonchev–Trinajstić information content (AvgIpc) is 2.98. The second kappa shape index (κ2) is 7.90. The summed E-state index contributed by atoms with van der Waals surface area (Å²) in [4.78, 5) is 12.7. The third-order valence-electron chi connectivity index (χ3n) is 4.99. The number of ether oxygens (including phenoxy) is 1. The molecule has 0 saturated carbocycles. The van der Waals surface area contributed by atoms with Gasteiger partial charge in [0.05, 0.1) is 12.9 Å². The van der Waals surface area contributed by atoms with Crippen LogP contribution in [0.2, 0.25) is 0 Å². The SMILES string of the molecule is CCCS(=O)(=O)N1CCC(NC(=O)c2oc3ccc(OC)cc3c2C)CC1. The van der Waals surface area contributed by atoms with Crippen LogP contribution >= 0.6 is 0 Å². The van der Waals surface area contributed by atoms with Crippen LogP contribution in [0.4, 0.5) is 0 Å². The predicted octanol–water partition coefficient (Wildman–Crippen LogP) is 2.68. The molecule has 27 heavy (non-hydrogen) atoms. The van der Waals surface area contributed by atoms with Crippen LogP contribution in [-0.2, 0) is 10.0 Å². The monoisotopic (exact) mass is 394 g/mol. The van der Waals surface area contributed by atoms with Gasteiger partial charge in [-0.05, 0) is 44.4 Å². The molecular formula is C19H26N2O5S. The van der Waals surface area contributed by atoms with E-state index in [4.69, 9.17) is 9.15 Å². The summed E-state index contributed by atoms with van der Waals surface area (Å²) in [5.74, 6) is 0.905. The molecule has 148 valence electrons. The van der Waals surface area contributed by atoms with Crippen molar-refractivity contribution in [1.29, 1.82) is 0 Å². The molecule has 1 N–H and O–H groups in total. The lowest BCUT2D eigenvalue weighted by atomic mass is 10.1. The van der Waals surface area contributed by atoms with E-state index >= 15 is 0 Å². The molecule has 8 heteroatoms. The average molecular weight is 394 g/mol. The molecule has 2 aromatic rings. The van der Waals surface area contributed by atoms with Gasteiger partial charge in [-0.2, -0.15) is 0 Å². The van der Waals surface area contributed by atoms with Gasteiger partial charge in [-0.15, -0.1) is 0 Å². The summed E-state index contributed by atoms with van der Waals surface area (Å²) in [5.41, 5.74) is 1.41. The second-order valence-corrected chi connectivity index (χ2v) is 8.97. The van der Waals surface area contributed by atoms with Crippen molar-refractivity contribution in [2.45, 2.75) is 39.2 Å². The van der Waals surface area contributed by atoms with Crippen molar-refractivity contribution in [3.8, 4) is 5.75 Å². The summed E-state index contributed by atoms with van der Waals surface area (Å²) in [5, 5.41) is 3.83. The van der Waals surface area contributed by atoms with E-state index in [0.717, 1.165) is 10.9 Å². The van der Waals surface area contributed by atoms with Crippen molar-refractivity contribution in [2.75, 3.05) is 26.0 Å². The molecule has 0 unspecified atom stereocenters. The summed E-state index contributed by atoms with van der Waals surface area (Å²) in [7, 11) is -1.58. The molecule has 1 aliphatic heterocycles. The first kappa shape index (κ1) is 19.7. The number of aryl methyl sites for hydroxylation is 1. The van der Waals surface area contributed by atoms with Crippen LogP contribution < -0.4 is 10.1 Å². The quantitative estimate of drug-likeness (QED) is 0.814. The summed E-state index contributed by atoms with van der Waals surface area (Å²) >= 11 is 0. The number of hydrogen-bond acceptors (Lipinski definition) is 5. The molecule has 3 rings (SSSR count). The summed E-state index contributed by atoms with van der Waals surface area (Å²) in [6.45, 7) is 4.57. The number of fused-ring (bicyclic) bond motifs is 1. The molecule has 1 aliphatic rings. The molecule has 1 fully saturated rings. The molecule has 1 aromatic carbocycles. The van der Waals surface area contributed by atoms with E-state index in [0.29, 0.717) is 49.4 Å². The van der Waals surface area contributed by atoms with Gasteiger partial charge in [0.2, 0.25) is 10.0 Å². The standard InChI is InChI=1S/C19H26N2O5S/c1-4-11-27(23,24)21-9-7-14(8-10-21)20-19(22)18-13(2)16-12-15(25-3)5-6-17(16)26-18/h5-6,12,14H,4,7-11H2,1-3H3,(H,20,22). The molecule has 0 atom stereocenters. The predicted molar refractivity (Wildman–Crippen MR) is 104 cm³/mol. The van der Waals surface area contributed by atoms with E-state index in [9.17, 15) is 13.2 Å². The number of methoxy groups -OCH3 is 1. The number of sulfonamides is 1. The van der Waals surface area contributed by atoms with Gasteiger partial charge in [0.25, 0.3) is 5.91 Å². The van der Waals surface area contributed by atoms with Crippen molar-refractivity contribution in [1.82, 2.24) is 9.62 Å². The fourth-order valence-corrected chi connectivity index (χ4v) is 5.00. The first-order valence-electron chi connectivity index (χ1n) is 9.21. The van der Waals surface area contributed by atoms with Crippen molar-refractivity contribution >= 4 is 26.9 Å². The Bertz CT molecular complexity index is 927. The van der Waals surface area contributed by atoms with Crippen molar-refractivity contribution in [2.24, 2.45) is 0 Å². The summed E-state index contributed by atoms with van der Waals surface area (Å²) in [6.07, 6.45) is 1.80. The minimum atomic E-state index is -3.18. The second-order valence-electron chi connectivity index (χ2n) is 6.88.